The molecule has 1 unspecified atom stereocenters. The Morgan fingerprint density at radius 3 is 2.33 bits per heavy atom. The van der Waals surface area contributed by atoms with Crippen molar-refractivity contribution in [2.75, 3.05) is 18.9 Å². The summed E-state index contributed by atoms with van der Waals surface area (Å²) in [5, 5.41) is 6.35. The van der Waals surface area contributed by atoms with Crippen molar-refractivity contribution in [3.05, 3.63) is 59.7 Å². The van der Waals surface area contributed by atoms with E-state index in [1.165, 1.54) is 19.2 Å². The summed E-state index contributed by atoms with van der Waals surface area (Å²) in [7, 11) is -2.25. The summed E-state index contributed by atoms with van der Waals surface area (Å²) in [5.41, 5.74) is 2.07. The van der Waals surface area contributed by atoms with Crippen molar-refractivity contribution in [1.82, 2.24) is 10.0 Å². The number of aryl methyl sites for hydroxylation is 1. The lowest BCUT2D eigenvalue weighted by molar-refractivity contribution is 0.0949. The lowest BCUT2D eigenvalue weighted by atomic mass is 10.0. The molecule has 27 heavy (non-hydrogen) atoms. The first-order valence-corrected chi connectivity index (χ1v) is 10.4. The molecule has 2 rings (SSSR count). The zero-order chi connectivity index (χ0) is 20.0. The average Bonchev–Trinajstić information content (AvgIpc) is 2.65. The van der Waals surface area contributed by atoms with Crippen LogP contribution in [0.1, 0.15) is 29.8 Å². The summed E-state index contributed by atoms with van der Waals surface area (Å²) in [6.07, 6.45) is 0. The second kappa shape index (κ2) is 9.01. The lowest BCUT2D eigenvalue weighted by Crippen LogP contribution is -2.39. The van der Waals surface area contributed by atoms with Crippen LogP contribution < -0.4 is 15.4 Å². The van der Waals surface area contributed by atoms with Gasteiger partial charge in [0, 0.05) is 23.8 Å². The molecule has 0 aliphatic carbocycles. The number of sulfonamides is 1. The highest BCUT2D eigenvalue weighted by molar-refractivity contribution is 7.89. The van der Waals surface area contributed by atoms with E-state index in [1.54, 1.807) is 13.0 Å². The molecule has 6 nitrogen and oxygen atoms in total. The maximum Gasteiger partial charge on any atom is 0.251 e. The van der Waals surface area contributed by atoms with Gasteiger partial charge in [0.25, 0.3) is 5.91 Å². The molecule has 0 aliphatic heterocycles. The third-order valence-electron chi connectivity index (χ3n) is 4.45. The molecule has 0 heterocycles. The van der Waals surface area contributed by atoms with E-state index in [-0.39, 0.29) is 16.8 Å². The summed E-state index contributed by atoms with van der Waals surface area (Å²) in [6, 6.07) is 14.4. The zero-order valence-electron chi connectivity index (χ0n) is 16.1. The molecule has 146 valence electrons. The molecule has 1 amide bonds. The number of amides is 1. The van der Waals surface area contributed by atoms with Crippen LogP contribution in [0.15, 0.2) is 53.4 Å². The largest absolute Gasteiger partial charge is 0.380 e. The van der Waals surface area contributed by atoms with Gasteiger partial charge in [0.05, 0.1) is 4.90 Å². The van der Waals surface area contributed by atoms with Crippen molar-refractivity contribution in [2.24, 2.45) is 5.92 Å². The summed E-state index contributed by atoms with van der Waals surface area (Å²) in [5.74, 6) is 0.00349. The quantitative estimate of drug-likeness (QED) is 0.648. The molecule has 3 N–H and O–H groups in total. The number of rotatable bonds is 8. The van der Waals surface area contributed by atoms with Gasteiger partial charge in [0.1, 0.15) is 0 Å². The highest BCUT2D eigenvalue weighted by Crippen LogP contribution is 2.16. The van der Waals surface area contributed by atoms with Gasteiger partial charge >= 0.3 is 0 Å². The van der Waals surface area contributed by atoms with Gasteiger partial charge in [-0.05, 0) is 49.7 Å². The molecule has 2 aromatic rings. The van der Waals surface area contributed by atoms with Crippen molar-refractivity contribution in [1.29, 1.82) is 0 Å². The first kappa shape index (κ1) is 20.9. The molecule has 0 fully saturated rings. The van der Waals surface area contributed by atoms with E-state index in [4.69, 9.17) is 0 Å². The van der Waals surface area contributed by atoms with Gasteiger partial charge in [-0.25, -0.2) is 13.1 Å². The third-order valence-corrected chi connectivity index (χ3v) is 5.86. The van der Waals surface area contributed by atoms with Gasteiger partial charge in [0.2, 0.25) is 10.0 Å². The number of hydrogen-bond donors (Lipinski definition) is 3. The Balaban J connectivity index is 2.12. The number of carbonyl (C=O) groups excluding carboxylic acids is 1. The molecule has 0 radical (unpaired) electrons. The van der Waals surface area contributed by atoms with E-state index in [9.17, 15) is 13.2 Å². The van der Waals surface area contributed by atoms with Gasteiger partial charge < -0.3 is 10.6 Å². The second-order valence-corrected chi connectivity index (χ2v) is 8.64. The van der Waals surface area contributed by atoms with Crippen LogP contribution in [0, 0.1) is 12.8 Å². The Hall–Kier alpha value is -2.38. The van der Waals surface area contributed by atoms with Crippen LogP contribution in [0.4, 0.5) is 5.69 Å². The van der Waals surface area contributed by atoms with Gasteiger partial charge in [-0.1, -0.05) is 38.1 Å². The molecule has 0 saturated heterocycles. The number of carbonyl (C=O) groups is 1. The van der Waals surface area contributed by atoms with Gasteiger partial charge in [-0.15, -0.1) is 0 Å². The van der Waals surface area contributed by atoms with Crippen LogP contribution in [0.2, 0.25) is 0 Å². The zero-order valence-corrected chi connectivity index (χ0v) is 16.9. The molecule has 0 spiro atoms. The Morgan fingerprint density at radius 2 is 1.74 bits per heavy atom. The second-order valence-electron chi connectivity index (χ2n) is 6.76. The van der Waals surface area contributed by atoms with Gasteiger partial charge in [0.15, 0.2) is 0 Å². The minimum absolute atomic E-state index is 0.0425. The van der Waals surface area contributed by atoms with E-state index in [2.05, 4.69) is 29.2 Å². The van der Waals surface area contributed by atoms with Crippen molar-refractivity contribution in [3.8, 4) is 0 Å². The smallest absolute Gasteiger partial charge is 0.251 e. The summed E-state index contributed by atoms with van der Waals surface area (Å²) in [4.78, 5) is 12.7. The normalized spacial score (nSPS) is 12.6. The maximum atomic E-state index is 12.7. The van der Waals surface area contributed by atoms with E-state index in [0.29, 0.717) is 18.0 Å². The first-order valence-electron chi connectivity index (χ1n) is 8.88. The van der Waals surface area contributed by atoms with Crippen LogP contribution >= 0.6 is 0 Å². The van der Waals surface area contributed by atoms with Gasteiger partial charge in [-0.2, -0.15) is 0 Å². The highest BCUT2D eigenvalue weighted by Gasteiger charge is 2.19. The lowest BCUT2D eigenvalue weighted by Gasteiger charge is -2.24. The number of hydrogen-bond acceptors (Lipinski definition) is 4. The van der Waals surface area contributed by atoms with Crippen LogP contribution in [0.5, 0.6) is 0 Å². The topological polar surface area (TPSA) is 87.3 Å². The molecular weight excluding hydrogens is 362 g/mol. The maximum absolute atomic E-state index is 12.7. The number of nitrogens with one attached hydrogen (secondary N) is 3. The summed E-state index contributed by atoms with van der Waals surface area (Å²) >= 11 is 0. The minimum Gasteiger partial charge on any atom is -0.380 e. The third kappa shape index (κ3) is 5.55. The molecule has 7 heteroatoms. The Kier molecular flexibility index (Phi) is 6.98. The van der Waals surface area contributed by atoms with Crippen molar-refractivity contribution >= 4 is 21.6 Å². The Morgan fingerprint density at radius 1 is 1.07 bits per heavy atom. The summed E-state index contributed by atoms with van der Waals surface area (Å²) in [6.45, 7) is 6.37. The predicted molar refractivity (Wildman–Crippen MR) is 108 cm³/mol. The standard InChI is InChI=1S/C20H27N3O3S/c1-14(2)19(23-16-8-6-5-7-9-16)13-22-20(24)18-12-17(11-10-15(18)3)27(25,26)21-4/h5-12,14,19,21,23H,13H2,1-4H3,(H,22,24). The van der Waals surface area contributed by atoms with E-state index in [1.807, 2.05) is 30.3 Å². The average molecular weight is 390 g/mol. The number of anilines is 1. The Bertz CT molecular complexity index is 881. The monoisotopic (exact) mass is 389 g/mol. The highest BCUT2D eigenvalue weighted by atomic mass is 32.2. The van der Waals surface area contributed by atoms with E-state index < -0.39 is 10.0 Å². The van der Waals surface area contributed by atoms with E-state index in [0.717, 1.165) is 11.3 Å². The fraction of sp³-hybridized carbons (Fsp3) is 0.350. The fourth-order valence-corrected chi connectivity index (χ4v) is 3.39. The van der Waals surface area contributed by atoms with Crippen molar-refractivity contribution in [2.45, 2.75) is 31.7 Å². The van der Waals surface area contributed by atoms with Crippen LogP contribution in [0.3, 0.4) is 0 Å². The molecule has 0 bridgehead atoms. The molecule has 1 atom stereocenters. The number of para-hydroxylation sites is 1. The molecular formula is C20H27N3O3S. The number of benzene rings is 2. The molecule has 0 aromatic heterocycles. The molecule has 2 aromatic carbocycles. The summed E-state index contributed by atoms with van der Waals surface area (Å²) < 4.78 is 26.3. The SMILES string of the molecule is CNS(=O)(=O)c1ccc(C)c(C(=O)NCC(Nc2ccccc2)C(C)C)c1. The van der Waals surface area contributed by atoms with Gasteiger partial charge in [-0.3, -0.25) is 4.79 Å². The van der Waals surface area contributed by atoms with Crippen molar-refractivity contribution in [3.63, 3.8) is 0 Å². The van der Waals surface area contributed by atoms with Crippen LogP contribution in [-0.4, -0.2) is 34.0 Å². The van der Waals surface area contributed by atoms with Crippen LogP contribution in [0.25, 0.3) is 0 Å². The van der Waals surface area contributed by atoms with E-state index >= 15 is 0 Å². The van der Waals surface area contributed by atoms with Crippen molar-refractivity contribution < 1.29 is 13.2 Å². The fourth-order valence-electron chi connectivity index (χ4n) is 2.63. The molecule has 0 aliphatic rings. The molecule has 0 saturated carbocycles. The first-order chi connectivity index (χ1) is 12.7. The minimum atomic E-state index is -3.60. The Labute approximate surface area is 161 Å². The van der Waals surface area contributed by atoms with Crippen LogP contribution in [-0.2, 0) is 10.0 Å². The predicted octanol–water partition coefficient (Wildman–Crippen LogP) is 2.77.